The van der Waals surface area contributed by atoms with E-state index in [-0.39, 0.29) is 45.7 Å². The van der Waals surface area contributed by atoms with Crippen LogP contribution in [0.1, 0.15) is 47.0 Å². The molecule has 0 radical (unpaired) electrons. The first-order valence-electron chi connectivity index (χ1n) is 10.0. The van der Waals surface area contributed by atoms with E-state index in [0.717, 1.165) is 15.6 Å². The molecule has 32 heavy (non-hydrogen) atoms. The molecular formula is C21H23N3O6S2. The maximum atomic E-state index is 13.1. The lowest BCUT2D eigenvalue weighted by molar-refractivity contribution is -0.150. The van der Waals surface area contributed by atoms with E-state index >= 15 is 0 Å². The number of benzene rings is 1. The van der Waals surface area contributed by atoms with Gasteiger partial charge in [0.05, 0.1) is 17.1 Å². The number of rotatable bonds is 7. The van der Waals surface area contributed by atoms with Crippen LogP contribution in [0, 0.1) is 11.3 Å². The SMILES string of the molecule is CCOC(=O)c1sc(N)c(C#N)c1COC(=O)C1CCCCN1S(=O)(=O)c1ccccc1. The molecule has 1 atom stereocenters. The normalized spacial score (nSPS) is 16.8. The summed E-state index contributed by atoms with van der Waals surface area (Å²) in [6.45, 7) is 1.58. The topological polar surface area (TPSA) is 140 Å². The fraction of sp³-hybridized carbons (Fsp3) is 0.381. The van der Waals surface area contributed by atoms with Crippen molar-refractivity contribution in [2.75, 3.05) is 18.9 Å². The zero-order valence-electron chi connectivity index (χ0n) is 17.4. The predicted molar refractivity (Wildman–Crippen MR) is 117 cm³/mol. The van der Waals surface area contributed by atoms with Gasteiger partial charge in [-0.3, -0.25) is 4.79 Å². The molecule has 0 saturated carbocycles. The monoisotopic (exact) mass is 477 g/mol. The third-order valence-corrected chi connectivity index (χ3v) is 8.00. The maximum absolute atomic E-state index is 13.1. The Balaban J connectivity index is 1.83. The summed E-state index contributed by atoms with van der Waals surface area (Å²) in [5.41, 5.74) is 6.05. The van der Waals surface area contributed by atoms with Gasteiger partial charge < -0.3 is 15.2 Å². The molecule has 2 aromatic rings. The molecule has 2 N–H and O–H groups in total. The van der Waals surface area contributed by atoms with Crippen LogP contribution in [-0.2, 0) is 30.9 Å². The van der Waals surface area contributed by atoms with Crippen molar-refractivity contribution < 1.29 is 27.5 Å². The predicted octanol–water partition coefficient (Wildman–Crippen LogP) is 2.67. The van der Waals surface area contributed by atoms with Crippen LogP contribution in [0.25, 0.3) is 0 Å². The minimum absolute atomic E-state index is 0.0447. The highest BCUT2D eigenvalue weighted by molar-refractivity contribution is 7.89. The van der Waals surface area contributed by atoms with Crippen molar-refractivity contribution in [3.8, 4) is 6.07 Å². The highest BCUT2D eigenvalue weighted by Crippen LogP contribution is 2.32. The average Bonchev–Trinajstić information content (AvgIpc) is 3.13. The van der Waals surface area contributed by atoms with Crippen LogP contribution in [0.5, 0.6) is 0 Å². The molecule has 0 aliphatic carbocycles. The largest absolute Gasteiger partial charge is 0.462 e. The van der Waals surface area contributed by atoms with E-state index in [9.17, 15) is 23.3 Å². The van der Waals surface area contributed by atoms with Crippen LogP contribution in [0.4, 0.5) is 5.00 Å². The van der Waals surface area contributed by atoms with Crippen molar-refractivity contribution in [2.24, 2.45) is 0 Å². The first-order valence-corrected chi connectivity index (χ1v) is 12.3. The van der Waals surface area contributed by atoms with Gasteiger partial charge in [-0.1, -0.05) is 18.2 Å². The zero-order chi connectivity index (χ0) is 23.3. The number of thiophene rings is 1. The second-order valence-corrected chi connectivity index (χ2v) is 9.97. The Morgan fingerprint density at radius 2 is 1.97 bits per heavy atom. The minimum atomic E-state index is -3.89. The molecule has 2 heterocycles. The molecule has 1 unspecified atom stereocenters. The Morgan fingerprint density at radius 3 is 2.62 bits per heavy atom. The molecule has 1 saturated heterocycles. The van der Waals surface area contributed by atoms with Gasteiger partial charge >= 0.3 is 11.9 Å². The number of sulfonamides is 1. The number of carbonyl (C=O) groups is 2. The first kappa shape index (κ1) is 23.7. The molecule has 1 aromatic carbocycles. The van der Waals surface area contributed by atoms with Gasteiger partial charge in [0.2, 0.25) is 10.0 Å². The molecule has 3 rings (SSSR count). The van der Waals surface area contributed by atoms with Gasteiger partial charge in [0.1, 0.15) is 28.6 Å². The lowest BCUT2D eigenvalue weighted by atomic mass is 10.1. The summed E-state index contributed by atoms with van der Waals surface area (Å²) in [5, 5.41) is 9.53. The minimum Gasteiger partial charge on any atom is -0.462 e. The number of ether oxygens (including phenoxy) is 2. The number of carbonyl (C=O) groups excluding carboxylic acids is 2. The molecule has 1 fully saturated rings. The standard InChI is InChI=1S/C21H23N3O6S2/c1-2-29-21(26)18-16(15(12-22)19(23)31-18)13-30-20(25)17-10-6-7-11-24(17)32(27,28)14-8-4-3-5-9-14/h3-5,8-9,17H,2,6-7,10-11,13,23H2,1H3. The van der Waals surface area contributed by atoms with Crippen LogP contribution in [0.2, 0.25) is 0 Å². The van der Waals surface area contributed by atoms with E-state index in [2.05, 4.69) is 0 Å². The Morgan fingerprint density at radius 1 is 1.25 bits per heavy atom. The molecular weight excluding hydrogens is 454 g/mol. The van der Waals surface area contributed by atoms with Crippen molar-refractivity contribution in [3.63, 3.8) is 0 Å². The smallest absolute Gasteiger partial charge is 0.348 e. The van der Waals surface area contributed by atoms with Crippen LogP contribution < -0.4 is 5.73 Å². The number of nitrogens with two attached hydrogens (primary N) is 1. The Labute approximate surface area is 190 Å². The summed E-state index contributed by atoms with van der Waals surface area (Å²) in [7, 11) is -3.89. The zero-order valence-corrected chi connectivity index (χ0v) is 19.1. The lowest BCUT2D eigenvalue weighted by Crippen LogP contribution is -2.48. The number of hydrogen-bond donors (Lipinski definition) is 1. The number of nitrogen functional groups attached to an aromatic ring is 1. The number of esters is 2. The van der Waals surface area contributed by atoms with E-state index in [0.29, 0.717) is 19.3 Å². The summed E-state index contributed by atoms with van der Waals surface area (Å²) in [6.07, 6.45) is 1.61. The summed E-state index contributed by atoms with van der Waals surface area (Å²) >= 11 is 0.886. The van der Waals surface area contributed by atoms with Gasteiger partial charge in [-0.15, -0.1) is 11.3 Å². The Kier molecular flexibility index (Phi) is 7.50. The third-order valence-electron chi connectivity index (χ3n) is 5.04. The van der Waals surface area contributed by atoms with Crippen LogP contribution >= 0.6 is 11.3 Å². The van der Waals surface area contributed by atoms with E-state index in [1.807, 2.05) is 6.07 Å². The quantitative estimate of drug-likeness (QED) is 0.600. The van der Waals surface area contributed by atoms with Crippen LogP contribution in [-0.4, -0.2) is 43.9 Å². The molecule has 1 aromatic heterocycles. The average molecular weight is 478 g/mol. The van der Waals surface area contributed by atoms with Crippen LogP contribution in [0.3, 0.4) is 0 Å². The van der Waals surface area contributed by atoms with Gasteiger partial charge in [-0.2, -0.15) is 9.57 Å². The van der Waals surface area contributed by atoms with Gasteiger partial charge in [-0.25, -0.2) is 13.2 Å². The fourth-order valence-electron chi connectivity index (χ4n) is 3.50. The highest BCUT2D eigenvalue weighted by Gasteiger charge is 2.39. The van der Waals surface area contributed by atoms with E-state index < -0.39 is 28.0 Å². The molecule has 0 bridgehead atoms. The first-order chi connectivity index (χ1) is 15.3. The van der Waals surface area contributed by atoms with Crippen molar-refractivity contribution in [1.82, 2.24) is 4.31 Å². The summed E-state index contributed by atoms with van der Waals surface area (Å²) in [5.74, 6) is -1.41. The second kappa shape index (κ2) is 10.1. The molecule has 0 amide bonds. The molecule has 1 aliphatic rings. The Bertz CT molecular complexity index is 1140. The van der Waals surface area contributed by atoms with Crippen molar-refractivity contribution in [2.45, 2.75) is 43.7 Å². The highest BCUT2D eigenvalue weighted by atomic mass is 32.2. The lowest BCUT2D eigenvalue weighted by Gasteiger charge is -2.33. The van der Waals surface area contributed by atoms with Crippen molar-refractivity contribution in [3.05, 3.63) is 46.3 Å². The second-order valence-electron chi connectivity index (χ2n) is 7.03. The Hall–Kier alpha value is -2.94. The number of nitrogens with zero attached hydrogens (tertiary/aromatic N) is 2. The molecule has 0 spiro atoms. The van der Waals surface area contributed by atoms with Gasteiger partial charge in [0.15, 0.2) is 0 Å². The number of hydrogen-bond acceptors (Lipinski definition) is 9. The van der Waals surface area contributed by atoms with Gasteiger partial charge in [0.25, 0.3) is 0 Å². The number of piperidine rings is 1. The maximum Gasteiger partial charge on any atom is 0.348 e. The van der Waals surface area contributed by atoms with Gasteiger partial charge in [0, 0.05) is 12.1 Å². The summed E-state index contributed by atoms with van der Waals surface area (Å²) < 4.78 is 37.7. The third kappa shape index (κ3) is 4.77. The van der Waals surface area contributed by atoms with E-state index in [1.54, 1.807) is 25.1 Å². The molecule has 170 valence electrons. The number of nitriles is 1. The molecule has 9 nitrogen and oxygen atoms in total. The van der Waals surface area contributed by atoms with E-state index in [4.69, 9.17) is 15.2 Å². The van der Waals surface area contributed by atoms with Crippen molar-refractivity contribution >= 4 is 38.3 Å². The van der Waals surface area contributed by atoms with Crippen molar-refractivity contribution in [1.29, 1.82) is 5.26 Å². The van der Waals surface area contributed by atoms with Gasteiger partial charge in [-0.05, 0) is 38.3 Å². The van der Waals surface area contributed by atoms with Crippen LogP contribution in [0.15, 0.2) is 35.2 Å². The fourth-order valence-corrected chi connectivity index (χ4v) is 6.09. The van der Waals surface area contributed by atoms with E-state index in [1.165, 1.54) is 12.1 Å². The summed E-state index contributed by atoms with van der Waals surface area (Å²) in [6, 6.07) is 8.82. The summed E-state index contributed by atoms with van der Waals surface area (Å²) in [4.78, 5) is 25.3. The molecule has 1 aliphatic heterocycles. The number of anilines is 1. The molecule has 11 heteroatoms.